The van der Waals surface area contributed by atoms with Crippen molar-refractivity contribution in [2.24, 2.45) is 0 Å². The molecule has 0 unspecified atom stereocenters. The zero-order valence-corrected chi connectivity index (χ0v) is 11.2. The lowest BCUT2D eigenvalue weighted by atomic mass is 10.0. The Kier molecular flexibility index (Phi) is 4.11. The van der Waals surface area contributed by atoms with Gasteiger partial charge in [-0.1, -0.05) is 40.2 Å². The van der Waals surface area contributed by atoms with Crippen molar-refractivity contribution in [2.45, 2.75) is 6.42 Å². The first-order chi connectivity index (χ1) is 8.74. The van der Waals surface area contributed by atoms with Gasteiger partial charge in [-0.3, -0.25) is 0 Å². The average Bonchev–Trinajstić information content (AvgIpc) is 2.40. The largest absolute Gasteiger partial charge is 0.206 e. The van der Waals surface area contributed by atoms with Crippen LogP contribution in [-0.4, -0.2) is 5.33 Å². The predicted molar refractivity (Wildman–Crippen MR) is 74.0 cm³/mol. The van der Waals surface area contributed by atoms with Gasteiger partial charge in [0.2, 0.25) is 0 Å². The van der Waals surface area contributed by atoms with Crippen LogP contribution in [0.3, 0.4) is 0 Å². The number of rotatable bonds is 3. The molecule has 0 saturated heterocycles. The molecule has 18 heavy (non-hydrogen) atoms. The number of hydrogen-bond donors (Lipinski definition) is 0. The van der Waals surface area contributed by atoms with Gasteiger partial charge >= 0.3 is 0 Å². The molecule has 0 aliphatic heterocycles. The molecule has 3 heteroatoms. The lowest BCUT2D eigenvalue weighted by Gasteiger charge is -2.06. The predicted octanol–water partition coefficient (Wildman–Crippen LogP) is 4.30. The number of nitrogens with zero attached hydrogens (tertiary/aromatic N) is 1. The minimum Gasteiger partial charge on any atom is -0.206 e. The minimum atomic E-state index is -0.224. The summed E-state index contributed by atoms with van der Waals surface area (Å²) in [7, 11) is 0. The third-order valence-electron chi connectivity index (χ3n) is 2.74. The van der Waals surface area contributed by atoms with Crippen molar-refractivity contribution in [3.05, 3.63) is 59.4 Å². The van der Waals surface area contributed by atoms with E-state index in [0.29, 0.717) is 11.1 Å². The maximum absolute atomic E-state index is 14.0. The number of benzene rings is 2. The van der Waals surface area contributed by atoms with Gasteiger partial charge in [-0.05, 0) is 35.7 Å². The fourth-order valence-corrected chi connectivity index (χ4v) is 2.24. The first kappa shape index (κ1) is 12.8. The number of hydrogen-bond acceptors (Lipinski definition) is 1. The Balaban J connectivity index is 2.35. The molecule has 90 valence electrons. The van der Waals surface area contributed by atoms with Crippen molar-refractivity contribution in [1.29, 1.82) is 5.26 Å². The van der Waals surface area contributed by atoms with Gasteiger partial charge < -0.3 is 0 Å². The van der Waals surface area contributed by atoms with Crippen molar-refractivity contribution in [1.82, 2.24) is 0 Å². The van der Waals surface area contributed by atoms with Gasteiger partial charge in [0.15, 0.2) is 0 Å². The van der Waals surface area contributed by atoms with Gasteiger partial charge in [-0.25, -0.2) is 4.39 Å². The summed E-state index contributed by atoms with van der Waals surface area (Å²) < 4.78 is 14.0. The van der Waals surface area contributed by atoms with E-state index < -0.39 is 0 Å². The highest BCUT2D eigenvalue weighted by molar-refractivity contribution is 9.09. The Morgan fingerprint density at radius 1 is 1.11 bits per heavy atom. The molecule has 0 heterocycles. The molecule has 2 aromatic carbocycles. The van der Waals surface area contributed by atoms with Crippen LogP contribution < -0.4 is 0 Å². The van der Waals surface area contributed by atoms with E-state index in [4.69, 9.17) is 5.26 Å². The van der Waals surface area contributed by atoms with Crippen molar-refractivity contribution in [2.75, 3.05) is 5.33 Å². The summed E-state index contributed by atoms with van der Waals surface area (Å²) >= 11 is 3.34. The third kappa shape index (κ3) is 2.77. The SMILES string of the molecule is N#Cc1ccc(-c2ccc(CCBr)cc2F)cc1. The summed E-state index contributed by atoms with van der Waals surface area (Å²) in [6.45, 7) is 0. The van der Waals surface area contributed by atoms with E-state index in [1.165, 1.54) is 0 Å². The molecular formula is C15H11BrFN. The zero-order valence-electron chi connectivity index (χ0n) is 9.66. The van der Waals surface area contributed by atoms with Crippen LogP contribution >= 0.6 is 15.9 Å². The monoisotopic (exact) mass is 303 g/mol. The molecule has 0 fully saturated rings. The Labute approximate surface area is 114 Å². The highest BCUT2D eigenvalue weighted by Crippen LogP contribution is 2.24. The van der Waals surface area contributed by atoms with Crippen LogP contribution in [-0.2, 0) is 6.42 Å². The van der Waals surface area contributed by atoms with E-state index in [0.717, 1.165) is 22.9 Å². The standard InChI is InChI=1S/C15H11BrFN/c16-8-7-11-3-6-14(15(17)9-11)13-4-1-12(10-18)2-5-13/h1-6,9H,7-8H2. The maximum Gasteiger partial charge on any atom is 0.131 e. The second kappa shape index (κ2) is 5.79. The topological polar surface area (TPSA) is 23.8 Å². The molecule has 0 bridgehead atoms. The average molecular weight is 304 g/mol. The molecule has 0 N–H and O–H groups in total. The smallest absolute Gasteiger partial charge is 0.131 e. The molecule has 0 saturated carbocycles. The van der Waals surface area contributed by atoms with Crippen molar-refractivity contribution < 1.29 is 4.39 Å². The molecule has 0 amide bonds. The Hall–Kier alpha value is -1.66. The Morgan fingerprint density at radius 3 is 2.39 bits per heavy atom. The van der Waals surface area contributed by atoms with Gasteiger partial charge in [0.05, 0.1) is 11.6 Å². The van der Waals surface area contributed by atoms with Crippen molar-refractivity contribution in [3.8, 4) is 17.2 Å². The molecule has 0 aliphatic carbocycles. The van der Waals surface area contributed by atoms with E-state index in [1.807, 2.05) is 12.1 Å². The molecule has 2 aromatic rings. The van der Waals surface area contributed by atoms with Gasteiger partial charge in [-0.2, -0.15) is 5.26 Å². The van der Waals surface area contributed by atoms with Crippen LogP contribution in [0.5, 0.6) is 0 Å². The van der Waals surface area contributed by atoms with Gasteiger partial charge in [0, 0.05) is 10.9 Å². The minimum absolute atomic E-state index is 0.224. The van der Waals surface area contributed by atoms with Crippen LogP contribution in [0.4, 0.5) is 4.39 Å². The van der Waals surface area contributed by atoms with E-state index >= 15 is 0 Å². The van der Waals surface area contributed by atoms with E-state index in [9.17, 15) is 4.39 Å². The number of halogens is 2. The summed E-state index contributed by atoms with van der Waals surface area (Å²) in [5.74, 6) is -0.224. The highest BCUT2D eigenvalue weighted by Gasteiger charge is 2.06. The zero-order chi connectivity index (χ0) is 13.0. The van der Waals surface area contributed by atoms with Crippen molar-refractivity contribution >= 4 is 15.9 Å². The van der Waals surface area contributed by atoms with Crippen LogP contribution in [0.1, 0.15) is 11.1 Å². The number of alkyl halides is 1. The van der Waals surface area contributed by atoms with Crippen molar-refractivity contribution in [3.63, 3.8) is 0 Å². The molecular weight excluding hydrogens is 293 g/mol. The second-order valence-electron chi connectivity index (χ2n) is 3.94. The van der Waals surface area contributed by atoms with E-state index in [-0.39, 0.29) is 5.82 Å². The van der Waals surface area contributed by atoms with Gasteiger partial charge in [0.25, 0.3) is 0 Å². The summed E-state index contributed by atoms with van der Waals surface area (Å²) in [6.07, 6.45) is 0.810. The molecule has 0 aromatic heterocycles. The second-order valence-corrected chi connectivity index (χ2v) is 4.74. The molecule has 0 aliphatic rings. The summed E-state index contributed by atoms with van der Waals surface area (Å²) in [5, 5.41) is 9.54. The van der Waals surface area contributed by atoms with Crippen LogP contribution in [0, 0.1) is 17.1 Å². The molecule has 0 spiro atoms. The van der Waals surface area contributed by atoms with Crippen LogP contribution in [0.25, 0.3) is 11.1 Å². The Bertz CT molecular complexity index is 584. The van der Waals surface area contributed by atoms with E-state index in [2.05, 4.69) is 15.9 Å². The normalized spacial score (nSPS) is 10.1. The lowest BCUT2D eigenvalue weighted by molar-refractivity contribution is 0.629. The van der Waals surface area contributed by atoms with Gasteiger partial charge in [0.1, 0.15) is 5.82 Å². The fourth-order valence-electron chi connectivity index (χ4n) is 1.78. The molecule has 2 rings (SSSR count). The number of nitriles is 1. The fraction of sp³-hybridized carbons (Fsp3) is 0.133. The number of aryl methyl sites for hydroxylation is 1. The van der Waals surface area contributed by atoms with Gasteiger partial charge in [-0.15, -0.1) is 0 Å². The van der Waals surface area contributed by atoms with Crippen LogP contribution in [0.15, 0.2) is 42.5 Å². The molecule has 0 radical (unpaired) electrons. The maximum atomic E-state index is 14.0. The molecule has 0 atom stereocenters. The van der Waals surface area contributed by atoms with Crippen LogP contribution in [0.2, 0.25) is 0 Å². The highest BCUT2D eigenvalue weighted by atomic mass is 79.9. The molecule has 1 nitrogen and oxygen atoms in total. The first-order valence-corrected chi connectivity index (χ1v) is 6.71. The Morgan fingerprint density at radius 2 is 1.83 bits per heavy atom. The third-order valence-corrected chi connectivity index (χ3v) is 3.14. The summed E-state index contributed by atoms with van der Waals surface area (Å²) in [6, 6.07) is 14.2. The quantitative estimate of drug-likeness (QED) is 0.776. The summed E-state index contributed by atoms with van der Waals surface area (Å²) in [4.78, 5) is 0. The van der Waals surface area contributed by atoms with E-state index in [1.54, 1.807) is 36.4 Å². The summed E-state index contributed by atoms with van der Waals surface area (Å²) in [5.41, 5.74) is 2.91. The first-order valence-electron chi connectivity index (χ1n) is 5.59. The lowest BCUT2D eigenvalue weighted by Crippen LogP contribution is -1.90.